The van der Waals surface area contributed by atoms with Crippen molar-refractivity contribution in [2.45, 2.75) is 19.6 Å². The second-order valence-corrected chi connectivity index (χ2v) is 5.64. The van der Waals surface area contributed by atoms with Gasteiger partial charge in [0.1, 0.15) is 11.3 Å². The molecule has 0 atom stereocenters. The van der Waals surface area contributed by atoms with Gasteiger partial charge < -0.3 is 14.2 Å². The molecule has 0 saturated carbocycles. The van der Waals surface area contributed by atoms with E-state index in [4.69, 9.17) is 14.2 Å². The summed E-state index contributed by atoms with van der Waals surface area (Å²) in [5.74, 6) is -1.98. The Morgan fingerprint density at radius 3 is 2.22 bits per heavy atom. The van der Waals surface area contributed by atoms with Crippen molar-refractivity contribution in [2.24, 2.45) is 0 Å². The average molecular weight is 312 g/mol. The van der Waals surface area contributed by atoms with E-state index in [0.717, 1.165) is 10.8 Å². The second kappa shape index (κ2) is 5.43. The quantitative estimate of drug-likeness (QED) is 0.484. The van der Waals surface area contributed by atoms with Crippen LogP contribution in [0, 0.1) is 0 Å². The fourth-order valence-corrected chi connectivity index (χ4v) is 2.56. The monoisotopic (exact) mass is 312 g/mol. The van der Waals surface area contributed by atoms with Crippen LogP contribution in [0.5, 0.6) is 5.75 Å². The maximum atomic E-state index is 12.1. The molecule has 2 aromatic carbocycles. The number of hydrogen-bond acceptors (Lipinski definition) is 5. The third-order valence-electron chi connectivity index (χ3n) is 3.54. The van der Waals surface area contributed by atoms with Crippen molar-refractivity contribution in [2.75, 3.05) is 7.11 Å². The van der Waals surface area contributed by atoms with Gasteiger partial charge in [0.15, 0.2) is 0 Å². The van der Waals surface area contributed by atoms with Gasteiger partial charge in [0.05, 0.1) is 7.11 Å². The van der Waals surface area contributed by atoms with Gasteiger partial charge in [0.2, 0.25) is 0 Å². The van der Waals surface area contributed by atoms with Crippen molar-refractivity contribution in [3.05, 3.63) is 47.5 Å². The SMILES string of the molecule is COc1cccc2cccc(C=C3C(=O)OC(C)(C)OC3=O)c12. The highest BCUT2D eigenvalue weighted by Crippen LogP contribution is 2.31. The number of fused-ring (bicyclic) bond motifs is 1. The highest BCUT2D eigenvalue weighted by molar-refractivity contribution is 6.19. The molecule has 1 saturated heterocycles. The number of carbonyl (C=O) groups is 2. The van der Waals surface area contributed by atoms with Gasteiger partial charge >= 0.3 is 11.9 Å². The summed E-state index contributed by atoms with van der Waals surface area (Å²) in [6.07, 6.45) is 1.48. The summed E-state index contributed by atoms with van der Waals surface area (Å²) in [5, 5.41) is 1.76. The van der Waals surface area contributed by atoms with Gasteiger partial charge in [-0.1, -0.05) is 30.3 Å². The van der Waals surface area contributed by atoms with Crippen LogP contribution in [-0.4, -0.2) is 24.8 Å². The summed E-state index contributed by atoms with van der Waals surface area (Å²) in [4.78, 5) is 24.2. The molecule has 0 N–H and O–H groups in total. The van der Waals surface area contributed by atoms with Crippen LogP contribution in [0.15, 0.2) is 42.0 Å². The average Bonchev–Trinajstić information content (AvgIpc) is 2.49. The van der Waals surface area contributed by atoms with Gasteiger partial charge in [0.25, 0.3) is 5.79 Å². The molecule has 3 rings (SSSR count). The maximum Gasteiger partial charge on any atom is 0.348 e. The smallest absolute Gasteiger partial charge is 0.348 e. The Morgan fingerprint density at radius 2 is 1.61 bits per heavy atom. The van der Waals surface area contributed by atoms with E-state index in [-0.39, 0.29) is 5.57 Å². The number of ether oxygens (including phenoxy) is 3. The van der Waals surface area contributed by atoms with E-state index in [1.807, 2.05) is 30.3 Å². The van der Waals surface area contributed by atoms with Gasteiger partial charge in [-0.15, -0.1) is 0 Å². The largest absolute Gasteiger partial charge is 0.496 e. The van der Waals surface area contributed by atoms with Crippen molar-refractivity contribution in [1.82, 2.24) is 0 Å². The van der Waals surface area contributed by atoms with Crippen molar-refractivity contribution in [1.29, 1.82) is 0 Å². The Kier molecular flexibility index (Phi) is 3.56. The third-order valence-corrected chi connectivity index (χ3v) is 3.54. The highest BCUT2D eigenvalue weighted by atomic mass is 16.7. The van der Waals surface area contributed by atoms with Gasteiger partial charge in [-0.05, 0) is 23.1 Å². The van der Waals surface area contributed by atoms with Crippen molar-refractivity contribution < 1.29 is 23.8 Å². The number of benzene rings is 2. The molecule has 5 heteroatoms. The molecular formula is C18H16O5. The lowest BCUT2D eigenvalue weighted by Gasteiger charge is -2.29. The molecule has 0 bridgehead atoms. The third kappa shape index (κ3) is 2.77. The first-order chi connectivity index (χ1) is 10.9. The van der Waals surface area contributed by atoms with Crippen molar-refractivity contribution >= 4 is 28.8 Å². The van der Waals surface area contributed by atoms with E-state index in [0.29, 0.717) is 11.3 Å². The lowest BCUT2D eigenvalue weighted by Crippen LogP contribution is -2.41. The van der Waals surface area contributed by atoms with Crippen LogP contribution in [0.4, 0.5) is 0 Å². The molecule has 2 aromatic rings. The normalized spacial score (nSPS) is 16.7. The zero-order valence-electron chi connectivity index (χ0n) is 13.1. The summed E-state index contributed by atoms with van der Waals surface area (Å²) in [5.41, 5.74) is 0.547. The molecular weight excluding hydrogens is 296 g/mol. The van der Waals surface area contributed by atoms with Gasteiger partial charge in [-0.2, -0.15) is 0 Å². The summed E-state index contributed by atoms with van der Waals surface area (Å²) in [6.45, 7) is 3.03. The van der Waals surface area contributed by atoms with Crippen LogP contribution in [-0.2, 0) is 19.1 Å². The zero-order chi connectivity index (χ0) is 16.6. The predicted octanol–water partition coefficient (Wildman–Crippen LogP) is 3.07. The first-order valence-electron chi connectivity index (χ1n) is 7.15. The Balaban J connectivity index is 2.15. The number of esters is 2. The fourth-order valence-electron chi connectivity index (χ4n) is 2.56. The van der Waals surface area contributed by atoms with Crippen LogP contribution < -0.4 is 4.74 Å². The van der Waals surface area contributed by atoms with Gasteiger partial charge in [0, 0.05) is 19.2 Å². The standard InChI is InChI=1S/C18H16O5/c1-18(2)22-16(19)13(17(20)23-18)10-12-8-4-6-11-7-5-9-14(21-3)15(11)12/h4-10H,1-3H3. The highest BCUT2D eigenvalue weighted by Gasteiger charge is 2.38. The van der Waals surface area contributed by atoms with E-state index in [1.54, 1.807) is 13.2 Å². The minimum Gasteiger partial charge on any atom is -0.496 e. The number of hydrogen-bond donors (Lipinski definition) is 0. The van der Waals surface area contributed by atoms with Crippen LogP contribution in [0.25, 0.3) is 16.8 Å². The van der Waals surface area contributed by atoms with Gasteiger partial charge in [-0.3, -0.25) is 0 Å². The minimum absolute atomic E-state index is 0.136. The van der Waals surface area contributed by atoms with Crippen LogP contribution in [0.2, 0.25) is 0 Å². The molecule has 0 spiro atoms. The molecule has 1 fully saturated rings. The molecule has 1 heterocycles. The topological polar surface area (TPSA) is 61.8 Å². The summed E-state index contributed by atoms with van der Waals surface area (Å²) >= 11 is 0. The molecule has 118 valence electrons. The minimum atomic E-state index is -1.25. The fraction of sp³-hybridized carbons (Fsp3) is 0.222. The predicted molar refractivity (Wildman–Crippen MR) is 84.7 cm³/mol. The molecule has 5 nitrogen and oxygen atoms in total. The van der Waals surface area contributed by atoms with E-state index in [2.05, 4.69) is 0 Å². The molecule has 0 aliphatic carbocycles. The molecule has 0 amide bonds. The van der Waals surface area contributed by atoms with E-state index in [9.17, 15) is 9.59 Å². The Morgan fingerprint density at radius 1 is 1.00 bits per heavy atom. The number of methoxy groups -OCH3 is 1. The molecule has 1 aliphatic heterocycles. The molecule has 0 unspecified atom stereocenters. The van der Waals surface area contributed by atoms with E-state index in [1.165, 1.54) is 19.9 Å². The molecule has 0 radical (unpaired) electrons. The zero-order valence-corrected chi connectivity index (χ0v) is 13.1. The van der Waals surface area contributed by atoms with Gasteiger partial charge in [-0.25, -0.2) is 9.59 Å². The van der Waals surface area contributed by atoms with Crippen molar-refractivity contribution in [3.63, 3.8) is 0 Å². The summed E-state index contributed by atoms with van der Waals surface area (Å²) in [7, 11) is 1.57. The Hall–Kier alpha value is -2.82. The van der Waals surface area contributed by atoms with E-state index >= 15 is 0 Å². The number of cyclic esters (lactones) is 2. The van der Waals surface area contributed by atoms with Crippen LogP contribution >= 0.6 is 0 Å². The van der Waals surface area contributed by atoms with E-state index < -0.39 is 17.7 Å². The first kappa shape index (κ1) is 15.1. The van der Waals surface area contributed by atoms with Crippen LogP contribution in [0.1, 0.15) is 19.4 Å². The first-order valence-corrected chi connectivity index (χ1v) is 7.15. The lowest BCUT2D eigenvalue weighted by atomic mass is 10.0. The second-order valence-electron chi connectivity index (χ2n) is 5.64. The molecule has 23 heavy (non-hydrogen) atoms. The number of rotatable bonds is 2. The van der Waals surface area contributed by atoms with Crippen LogP contribution in [0.3, 0.4) is 0 Å². The number of carbonyl (C=O) groups excluding carboxylic acids is 2. The summed E-state index contributed by atoms with van der Waals surface area (Å²) in [6, 6.07) is 11.2. The Bertz CT molecular complexity index is 805. The Labute approximate surface area is 133 Å². The lowest BCUT2D eigenvalue weighted by molar-refractivity contribution is -0.222. The maximum absolute atomic E-state index is 12.1. The summed E-state index contributed by atoms with van der Waals surface area (Å²) < 4.78 is 15.6. The molecule has 1 aliphatic rings. The molecule has 0 aromatic heterocycles. The van der Waals surface area contributed by atoms with Crippen molar-refractivity contribution in [3.8, 4) is 5.75 Å².